The molecule has 6 heteroatoms. The van der Waals surface area contributed by atoms with Gasteiger partial charge in [-0.3, -0.25) is 4.79 Å². The quantitative estimate of drug-likeness (QED) is 0.888. The molecule has 0 radical (unpaired) electrons. The predicted octanol–water partition coefficient (Wildman–Crippen LogP) is 2.33. The van der Waals surface area contributed by atoms with Gasteiger partial charge < -0.3 is 5.11 Å². The van der Waals surface area contributed by atoms with E-state index in [1.165, 1.54) is 13.1 Å². The Hall–Kier alpha value is -1.92. The van der Waals surface area contributed by atoms with E-state index < -0.39 is 21.9 Å². The van der Waals surface area contributed by atoms with E-state index in [4.69, 9.17) is 0 Å². The van der Waals surface area contributed by atoms with E-state index in [-0.39, 0.29) is 4.90 Å². The molecule has 0 saturated carbocycles. The van der Waals surface area contributed by atoms with Gasteiger partial charge in [-0.2, -0.15) is 0 Å². The molecule has 112 valence electrons. The second-order valence-corrected chi connectivity index (χ2v) is 6.63. The fraction of sp³-hybridized carbons (Fsp3) is 0.267. The number of sulfonamides is 1. The predicted molar refractivity (Wildman–Crippen MR) is 80.9 cm³/mol. The SMILES string of the molecule is CCC(C(=O)O)c1cc(S(=O)(=O)NC)cc2ccccc12. The number of nitrogens with one attached hydrogen (secondary N) is 1. The van der Waals surface area contributed by atoms with Crippen LogP contribution < -0.4 is 4.72 Å². The van der Waals surface area contributed by atoms with Crippen LogP contribution in [0.1, 0.15) is 24.8 Å². The first-order valence-electron chi connectivity index (χ1n) is 6.59. The van der Waals surface area contributed by atoms with Crippen LogP contribution in [0.4, 0.5) is 0 Å². The second-order valence-electron chi connectivity index (χ2n) is 4.74. The Kier molecular flexibility index (Phi) is 4.29. The Morgan fingerprint density at radius 3 is 2.52 bits per heavy atom. The van der Waals surface area contributed by atoms with Crippen molar-refractivity contribution >= 4 is 26.8 Å². The highest BCUT2D eigenvalue weighted by Crippen LogP contribution is 2.31. The molecule has 2 aromatic rings. The highest BCUT2D eigenvalue weighted by atomic mass is 32.2. The Morgan fingerprint density at radius 1 is 1.29 bits per heavy atom. The van der Waals surface area contributed by atoms with Gasteiger partial charge >= 0.3 is 5.97 Å². The van der Waals surface area contributed by atoms with Crippen molar-refractivity contribution in [3.63, 3.8) is 0 Å². The Labute approximate surface area is 123 Å². The molecule has 0 heterocycles. The zero-order valence-electron chi connectivity index (χ0n) is 11.8. The van der Waals surface area contributed by atoms with Gasteiger partial charge in [0.05, 0.1) is 10.8 Å². The number of benzene rings is 2. The molecular formula is C15H17NO4S. The minimum atomic E-state index is -3.62. The first kappa shape index (κ1) is 15.5. The number of carboxylic acids is 1. The standard InChI is InChI=1S/C15H17NO4S/c1-3-12(15(17)18)14-9-11(21(19,20)16-2)8-10-6-4-5-7-13(10)14/h4-9,12,16H,3H2,1-2H3,(H,17,18). The van der Waals surface area contributed by atoms with Crippen molar-refractivity contribution < 1.29 is 18.3 Å². The van der Waals surface area contributed by atoms with E-state index in [1.807, 2.05) is 12.1 Å². The van der Waals surface area contributed by atoms with Crippen molar-refractivity contribution in [2.75, 3.05) is 7.05 Å². The van der Waals surface area contributed by atoms with Crippen molar-refractivity contribution in [3.05, 3.63) is 42.0 Å². The summed E-state index contributed by atoms with van der Waals surface area (Å²) >= 11 is 0. The molecule has 1 atom stereocenters. The molecule has 2 aromatic carbocycles. The Morgan fingerprint density at radius 2 is 1.95 bits per heavy atom. The van der Waals surface area contributed by atoms with Crippen LogP contribution in [0.2, 0.25) is 0 Å². The molecule has 0 aliphatic carbocycles. The lowest BCUT2D eigenvalue weighted by atomic mass is 9.91. The van der Waals surface area contributed by atoms with Crippen molar-refractivity contribution in [2.45, 2.75) is 24.2 Å². The molecule has 2 rings (SSSR count). The third kappa shape index (κ3) is 2.91. The number of rotatable bonds is 5. The average Bonchev–Trinajstić information content (AvgIpc) is 2.47. The Balaban J connectivity index is 2.81. The molecule has 0 bridgehead atoms. The molecule has 2 N–H and O–H groups in total. The third-order valence-corrected chi connectivity index (χ3v) is 4.92. The summed E-state index contributed by atoms with van der Waals surface area (Å²) in [7, 11) is -2.29. The third-order valence-electron chi connectivity index (χ3n) is 3.53. The van der Waals surface area contributed by atoms with E-state index in [0.717, 1.165) is 5.39 Å². The zero-order chi connectivity index (χ0) is 15.6. The molecule has 0 amide bonds. The minimum Gasteiger partial charge on any atom is -0.481 e. The summed E-state index contributed by atoms with van der Waals surface area (Å²) in [5.74, 6) is -1.69. The molecule has 21 heavy (non-hydrogen) atoms. The van der Waals surface area contributed by atoms with Gasteiger partial charge in [0.1, 0.15) is 0 Å². The average molecular weight is 307 g/mol. The lowest BCUT2D eigenvalue weighted by Crippen LogP contribution is -2.19. The number of carbonyl (C=O) groups is 1. The smallest absolute Gasteiger partial charge is 0.310 e. The van der Waals surface area contributed by atoms with Crippen LogP contribution in [-0.4, -0.2) is 26.5 Å². The van der Waals surface area contributed by atoms with Crippen LogP contribution in [0.5, 0.6) is 0 Å². The Bertz CT molecular complexity index is 783. The molecule has 0 aliphatic rings. The van der Waals surface area contributed by atoms with Gasteiger partial charge in [0.15, 0.2) is 0 Å². The lowest BCUT2D eigenvalue weighted by molar-refractivity contribution is -0.138. The first-order chi connectivity index (χ1) is 9.90. The number of fused-ring (bicyclic) bond motifs is 1. The molecule has 5 nitrogen and oxygen atoms in total. The van der Waals surface area contributed by atoms with Gasteiger partial charge in [-0.1, -0.05) is 31.2 Å². The summed E-state index contributed by atoms with van der Waals surface area (Å²) in [5.41, 5.74) is 0.525. The van der Waals surface area contributed by atoms with Crippen LogP contribution in [0.3, 0.4) is 0 Å². The summed E-state index contributed by atoms with van der Waals surface area (Å²) in [6.45, 7) is 1.77. The number of carboxylic acid groups (broad SMARTS) is 1. The van der Waals surface area contributed by atoms with E-state index in [0.29, 0.717) is 17.4 Å². The van der Waals surface area contributed by atoms with Gasteiger partial charge in [-0.05, 0) is 41.9 Å². The summed E-state index contributed by atoms with van der Waals surface area (Å²) in [6.07, 6.45) is 0.391. The van der Waals surface area contributed by atoms with Gasteiger partial charge in [0.25, 0.3) is 0 Å². The van der Waals surface area contributed by atoms with Crippen molar-refractivity contribution in [3.8, 4) is 0 Å². The van der Waals surface area contributed by atoms with Gasteiger partial charge in [0.2, 0.25) is 10.0 Å². The van der Waals surface area contributed by atoms with Gasteiger partial charge in [-0.25, -0.2) is 13.1 Å². The summed E-state index contributed by atoms with van der Waals surface area (Å²) in [5, 5.41) is 10.8. The monoisotopic (exact) mass is 307 g/mol. The molecular weight excluding hydrogens is 290 g/mol. The van der Waals surface area contributed by atoms with E-state index >= 15 is 0 Å². The maximum absolute atomic E-state index is 12.0. The molecule has 1 unspecified atom stereocenters. The van der Waals surface area contributed by atoms with Crippen LogP contribution in [0.15, 0.2) is 41.3 Å². The maximum atomic E-state index is 12.0. The summed E-state index contributed by atoms with van der Waals surface area (Å²) < 4.78 is 26.3. The second kappa shape index (κ2) is 5.83. The lowest BCUT2D eigenvalue weighted by Gasteiger charge is -2.15. The highest BCUT2D eigenvalue weighted by molar-refractivity contribution is 7.89. The van der Waals surface area contributed by atoms with Crippen LogP contribution in [0.25, 0.3) is 10.8 Å². The van der Waals surface area contributed by atoms with Gasteiger partial charge in [-0.15, -0.1) is 0 Å². The summed E-state index contributed by atoms with van der Waals surface area (Å²) in [6, 6.07) is 10.2. The van der Waals surface area contributed by atoms with E-state index in [1.54, 1.807) is 25.1 Å². The fourth-order valence-corrected chi connectivity index (χ4v) is 3.20. The van der Waals surface area contributed by atoms with E-state index in [9.17, 15) is 18.3 Å². The van der Waals surface area contributed by atoms with Gasteiger partial charge in [0, 0.05) is 0 Å². The maximum Gasteiger partial charge on any atom is 0.310 e. The molecule has 0 aliphatic heterocycles. The van der Waals surface area contributed by atoms with Crippen LogP contribution in [-0.2, 0) is 14.8 Å². The topological polar surface area (TPSA) is 83.5 Å². The molecule has 0 saturated heterocycles. The first-order valence-corrected chi connectivity index (χ1v) is 8.08. The number of hydrogen-bond donors (Lipinski definition) is 2. The largest absolute Gasteiger partial charge is 0.481 e. The van der Waals surface area contributed by atoms with Crippen molar-refractivity contribution in [1.29, 1.82) is 0 Å². The molecule has 0 aromatic heterocycles. The zero-order valence-corrected chi connectivity index (χ0v) is 12.6. The van der Waals surface area contributed by atoms with Crippen molar-refractivity contribution in [1.82, 2.24) is 4.72 Å². The number of aliphatic carboxylic acids is 1. The normalized spacial score (nSPS) is 13.2. The number of hydrogen-bond acceptors (Lipinski definition) is 3. The highest BCUT2D eigenvalue weighted by Gasteiger charge is 2.23. The fourth-order valence-electron chi connectivity index (χ4n) is 2.40. The molecule has 0 spiro atoms. The summed E-state index contributed by atoms with van der Waals surface area (Å²) in [4.78, 5) is 11.5. The minimum absolute atomic E-state index is 0.0819. The van der Waals surface area contributed by atoms with Crippen molar-refractivity contribution in [2.24, 2.45) is 0 Å². The van der Waals surface area contributed by atoms with Crippen LogP contribution in [0, 0.1) is 0 Å². The van der Waals surface area contributed by atoms with Crippen LogP contribution >= 0.6 is 0 Å². The van der Waals surface area contributed by atoms with E-state index in [2.05, 4.69) is 4.72 Å². The molecule has 0 fully saturated rings.